The van der Waals surface area contributed by atoms with Crippen molar-refractivity contribution in [3.05, 3.63) is 44.1 Å². The van der Waals surface area contributed by atoms with Gasteiger partial charge in [0.05, 0.1) is 34.0 Å². The fraction of sp³-hybridized carbons (Fsp3) is 0.375. The molecule has 0 saturated carbocycles. The van der Waals surface area contributed by atoms with E-state index < -0.39 is 18.0 Å². The van der Waals surface area contributed by atoms with Gasteiger partial charge in [-0.1, -0.05) is 11.6 Å². The molecule has 0 aromatic carbocycles. The lowest BCUT2D eigenvalue weighted by atomic mass is 9.90. The highest BCUT2D eigenvalue weighted by Crippen LogP contribution is 2.45. The SMILES string of the molecule is CC1=C(OC(=O)OC(C)C)C(c2sccc2Cl)C2=C(COC2=O)N1. The lowest BCUT2D eigenvalue weighted by Gasteiger charge is -2.27. The maximum Gasteiger partial charge on any atom is 0.513 e. The maximum absolute atomic E-state index is 12.2. The first-order valence-corrected chi connectivity index (χ1v) is 8.63. The fourth-order valence-electron chi connectivity index (χ4n) is 2.65. The van der Waals surface area contributed by atoms with Crippen LogP contribution < -0.4 is 5.32 Å². The van der Waals surface area contributed by atoms with Crippen LogP contribution in [0.25, 0.3) is 0 Å². The van der Waals surface area contributed by atoms with E-state index in [4.69, 9.17) is 25.8 Å². The minimum Gasteiger partial charge on any atom is -0.456 e. The molecule has 0 saturated heterocycles. The Morgan fingerprint density at radius 2 is 2.25 bits per heavy atom. The average Bonchev–Trinajstić information content (AvgIpc) is 3.06. The molecule has 0 spiro atoms. The summed E-state index contributed by atoms with van der Waals surface area (Å²) in [5.41, 5.74) is 1.69. The van der Waals surface area contributed by atoms with E-state index in [0.717, 1.165) is 4.88 Å². The third kappa shape index (κ3) is 3.01. The number of thiophene rings is 1. The van der Waals surface area contributed by atoms with Crippen molar-refractivity contribution in [1.82, 2.24) is 5.32 Å². The zero-order valence-corrected chi connectivity index (χ0v) is 14.9. The van der Waals surface area contributed by atoms with Crippen molar-refractivity contribution in [1.29, 1.82) is 0 Å². The second-order valence-corrected chi connectivity index (χ2v) is 7.02. The molecular weight excluding hydrogens is 354 g/mol. The highest BCUT2D eigenvalue weighted by Gasteiger charge is 2.42. The molecule has 128 valence electrons. The second-order valence-electron chi connectivity index (χ2n) is 5.67. The predicted molar refractivity (Wildman–Crippen MR) is 88.6 cm³/mol. The van der Waals surface area contributed by atoms with Gasteiger partial charge in [-0.2, -0.15) is 0 Å². The van der Waals surface area contributed by atoms with Crippen LogP contribution in [0.5, 0.6) is 0 Å². The molecule has 1 aromatic rings. The number of cyclic esters (lactones) is 1. The summed E-state index contributed by atoms with van der Waals surface area (Å²) in [5.74, 6) is -0.746. The van der Waals surface area contributed by atoms with Crippen molar-refractivity contribution < 1.29 is 23.8 Å². The van der Waals surface area contributed by atoms with E-state index in [2.05, 4.69) is 5.32 Å². The zero-order chi connectivity index (χ0) is 17.4. The quantitative estimate of drug-likeness (QED) is 0.819. The maximum atomic E-state index is 12.2. The van der Waals surface area contributed by atoms with Gasteiger partial charge in [0.25, 0.3) is 0 Å². The molecule has 0 fully saturated rings. The van der Waals surface area contributed by atoms with Gasteiger partial charge in [-0.25, -0.2) is 9.59 Å². The normalized spacial score (nSPS) is 20.0. The molecule has 3 rings (SSSR count). The van der Waals surface area contributed by atoms with E-state index in [1.165, 1.54) is 11.3 Å². The summed E-state index contributed by atoms with van der Waals surface area (Å²) in [6.45, 7) is 5.38. The largest absolute Gasteiger partial charge is 0.513 e. The van der Waals surface area contributed by atoms with Crippen molar-refractivity contribution in [3.8, 4) is 0 Å². The number of hydrogen-bond donors (Lipinski definition) is 1. The molecule has 0 amide bonds. The molecule has 1 N–H and O–H groups in total. The van der Waals surface area contributed by atoms with Crippen molar-refractivity contribution >= 4 is 35.1 Å². The van der Waals surface area contributed by atoms with Gasteiger partial charge in [0.2, 0.25) is 0 Å². The van der Waals surface area contributed by atoms with Crippen molar-refractivity contribution in [2.24, 2.45) is 0 Å². The van der Waals surface area contributed by atoms with Crippen LogP contribution in [-0.2, 0) is 19.0 Å². The van der Waals surface area contributed by atoms with E-state index in [9.17, 15) is 9.59 Å². The number of hydrogen-bond acceptors (Lipinski definition) is 7. The fourth-order valence-corrected chi connectivity index (χ4v) is 3.92. The summed E-state index contributed by atoms with van der Waals surface area (Å²) in [6.07, 6.45) is -1.14. The van der Waals surface area contributed by atoms with Gasteiger partial charge in [0.1, 0.15) is 12.4 Å². The Labute approximate surface area is 148 Å². The van der Waals surface area contributed by atoms with Crippen molar-refractivity contribution in [2.45, 2.75) is 32.8 Å². The average molecular weight is 370 g/mol. The van der Waals surface area contributed by atoms with E-state index in [1.807, 2.05) is 5.38 Å². The molecule has 1 atom stereocenters. The molecule has 2 aliphatic rings. The van der Waals surface area contributed by atoms with E-state index in [-0.39, 0.29) is 12.7 Å². The highest BCUT2D eigenvalue weighted by molar-refractivity contribution is 7.10. The van der Waals surface area contributed by atoms with Crippen LogP contribution in [0.1, 0.15) is 31.6 Å². The number of ether oxygens (including phenoxy) is 3. The smallest absolute Gasteiger partial charge is 0.456 e. The Hall–Kier alpha value is -1.99. The summed E-state index contributed by atoms with van der Waals surface area (Å²) in [4.78, 5) is 24.9. The minimum atomic E-state index is -0.825. The number of rotatable bonds is 3. The molecule has 1 aromatic heterocycles. The number of esters is 1. The van der Waals surface area contributed by atoms with Crippen LogP contribution in [-0.4, -0.2) is 24.8 Å². The third-order valence-electron chi connectivity index (χ3n) is 3.58. The first-order valence-electron chi connectivity index (χ1n) is 7.37. The molecule has 0 bridgehead atoms. The highest BCUT2D eigenvalue weighted by atomic mass is 35.5. The Morgan fingerprint density at radius 3 is 2.88 bits per heavy atom. The van der Waals surface area contributed by atoms with Gasteiger partial charge in [0, 0.05) is 4.88 Å². The summed E-state index contributed by atoms with van der Waals surface area (Å²) >= 11 is 7.65. The minimum absolute atomic E-state index is 0.161. The first-order chi connectivity index (χ1) is 11.4. The Bertz CT molecular complexity index is 764. The lowest BCUT2D eigenvalue weighted by Crippen LogP contribution is -2.28. The number of carbonyl (C=O) groups is 2. The van der Waals surface area contributed by atoms with Crippen LogP contribution in [0, 0.1) is 0 Å². The van der Waals surface area contributed by atoms with Crippen LogP contribution >= 0.6 is 22.9 Å². The van der Waals surface area contributed by atoms with Crippen LogP contribution in [0.4, 0.5) is 4.79 Å². The molecule has 0 radical (unpaired) electrons. The number of allylic oxidation sites excluding steroid dienone is 2. The standard InChI is InChI=1S/C16H16ClNO5S/c1-7(2)22-16(20)23-13-8(3)18-10-6-21-15(19)11(10)12(13)14-9(17)4-5-24-14/h4-5,7,12,18H,6H2,1-3H3. The summed E-state index contributed by atoms with van der Waals surface area (Å²) in [7, 11) is 0. The summed E-state index contributed by atoms with van der Waals surface area (Å²) < 4.78 is 15.6. The number of nitrogens with one attached hydrogen (secondary N) is 1. The predicted octanol–water partition coefficient (Wildman–Crippen LogP) is 3.69. The van der Waals surface area contributed by atoms with Gasteiger partial charge in [0.15, 0.2) is 0 Å². The molecule has 24 heavy (non-hydrogen) atoms. The van der Waals surface area contributed by atoms with Gasteiger partial charge in [-0.3, -0.25) is 0 Å². The molecule has 0 aliphatic carbocycles. The van der Waals surface area contributed by atoms with Crippen molar-refractivity contribution in [3.63, 3.8) is 0 Å². The lowest BCUT2D eigenvalue weighted by molar-refractivity contribution is -0.136. The van der Waals surface area contributed by atoms with Crippen LogP contribution in [0.3, 0.4) is 0 Å². The third-order valence-corrected chi connectivity index (χ3v) is 5.01. The number of carbonyl (C=O) groups excluding carboxylic acids is 2. The van der Waals surface area contributed by atoms with E-state index in [0.29, 0.717) is 27.7 Å². The summed E-state index contributed by atoms with van der Waals surface area (Å²) in [6, 6.07) is 1.74. The second kappa shape index (κ2) is 6.49. The Morgan fingerprint density at radius 1 is 1.50 bits per heavy atom. The topological polar surface area (TPSA) is 73.9 Å². The molecule has 8 heteroatoms. The number of halogens is 1. The van der Waals surface area contributed by atoms with Gasteiger partial charge >= 0.3 is 12.1 Å². The van der Waals surface area contributed by atoms with Gasteiger partial charge in [-0.15, -0.1) is 11.3 Å². The monoisotopic (exact) mass is 369 g/mol. The van der Waals surface area contributed by atoms with Crippen LogP contribution in [0.2, 0.25) is 5.02 Å². The molecule has 6 nitrogen and oxygen atoms in total. The van der Waals surface area contributed by atoms with E-state index in [1.54, 1.807) is 26.8 Å². The van der Waals surface area contributed by atoms with Crippen LogP contribution in [0.15, 0.2) is 34.2 Å². The molecule has 2 aliphatic heterocycles. The first kappa shape index (κ1) is 16.9. The molecule has 1 unspecified atom stereocenters. The Kier molecular flexibility index (Phi) is 4.56. The summed E-state index contributed by atoms with van der Waals surface area (Å²) in [5, 5.41) is 5.39. The molecular formula is C16H16ClNO5S. The Balaban J connectivity index is 2.02. The number of dihydropyridines is 1. The van der Waals surface area contributed by atoms with Gasteiger partial charge in [-0.05, 0) is 32.2 Å². The van der Waals surface area contributed by atoms with E-state index >= 15 is 0 Å². The zero-order valence-electron chi connectivity index (χ0n) is 13.3. The molecule has 3 heterocycles. The van der Waals surface area contributed by atoms with Crippen molar-refractivity contribution in [2.75, 3.05) is 6.61 Å². The van der Waals surface area contributed by atoms with Gasteiger partial charge < -0.3 is 19.5 Å².